The lowest BCUT2D eigenvalue weighted by Gasteiger charge is -2.09. The Morgan fingerprint density at radius 2 is 1.69 bits per heavy atom. The molecule has 0 aliphatic rings. The molecule has 5 rings (SSSR count). The fourth-order valence-corrected chi connectivity index (χ4v) is 4.27. The van der Waals surface area contributed by atoms with Gasteiger partial charge in [0.15, 0.2) is 5.78 Å². The molecule has 0 aliphatic carbocycles. The number of fused-ring (bicyclic) bond motifs is 1. The van der Waals surface area contributed by atoms with E-state index >= 15 is 0 Å². The van der Waals surface area contributed by atoms with E-state index in [1.54, 1.807) is 55.5 Å². The van der Waals surface area contributed by atoms with Gasteiger partial charge in [-0.05, 0) is 86.6 Å². The van der Waals surface area contributed by atoms with Crippen molar-refractivity contribution in [1.82, 2.24) is 9.55 Å². The van der Waals surface area contributed by atoms with Crippen LogP contribution < -0.4 is 5.32 Å². The summed E-state index contributed by atoms with van der Waals surface area (Å²) in [7, 11) is 0. The minimum Gasteiger partial charge on any atom is -0.461 e. The third-order valence-corrected chi connectivity index (χ3v) is 6.14. The second-order valence-corrected chi connectivity index (χ2v) is 8.56. The van der Waals surface area contributed by atoms with Crippen LogP contribution in [0.3, 0.4) is 0 Å². The summed E-state index contributed by atoms with van der Waals surface area (Å²) in [4.78, 5) is 29.6. The van der Waals surface area contributed by atoms with Crippen molar-refractivity contribution < 1.29 is 18.4 Å². The number of halogens is 1. The average molecular weight is 482 g/mol. The highest BCUT2D eigenvalue weighted by Crippen LogP contribution is 2.28. The van der Waals surface area contributed by atoms with Crippen LogP contribution in [-0.4, -0.2) is 21.2 Å². The minimum absolute atomic E-state index is 0.0410. The number of hydrogen-bond acceptors (Lipinski definition) is 4. The molecule has 0 unspecified atom stereocenters. The van der Waals surface area contributed by atoms with Crippen LogP contribution in [0.1, 0.15) is 45.6 Å². The largest absolute Gasteiger partial charge is 0.461 e. The maximum atomic E-state index is 13.4. The summed E-state index contributed by atoms with van der Waals surface area (Å²) >= 11 is 0. The molecule has 1 N–H and O–H groups in total. The molecule has 180 valence electrons. The van der Waals surface area contributed by atoms with E-state index in [0.29, 0.717) is 34.8 Å². The van der Waals surface area contributed by atoms with Crippen LogP contribution in [0.2, 0.25) is 0 Å². The zero-order valence-corrected chi connectivity index (χ0v) is 20.1. The van der Waals surface area contributed by atoms with Crippen LogP contribution in [0.5, 0.6) is 0 Å². The van der Waals surface area contributed by atoms with Gasteiger partial charge < -0.3 is 9.73 Å². The van der Waals surface area contributed by atoms with Gasteiger partial charge in [0.05, 0.1) is 16.6 Å². The van der Waals surface area contributed by atoms with Crippen LogP contribution >= 0.6 is 0 Å². The number of furan rings is 1. The van der Waals surface area contributed by atoms with Gasteiger partial charge in [-0.3, -0.25) is 14.2 Å². The number of ketones is 1. The number of amides is 1. The van der Waals surface area contributed by atoms with Gasteiger partial charge in [-0.25, -0.2) is 9.37 Å². The van der Waals surface area contributed by atoms with E-state index in [2.05, 4.69) is 10.3 Å². The minimum atomic E-state index is -0.316. The van der Waals surface area contributed by atoms with Gasteiger partial charge in [0.25, 0.3) is 5.91 Å². The number of carbonyl (C=O) groups is 2. The third-order valence-electron chi connectivity index (χ3n) is 6.14. The van der Waals surface area contributed by atoms with E-state index < -0.39 is 0 Å². The van der Waals surface area contributed by atoms with Gasteiger partial charge in [-0.1, -0.05) is 6.92 Å². The first kappa shape index (κ1) is 23.2. The summed E-state index contributed by atoms with van der Waals surface area (Å²) in [5.74, 6) is 1.40. The Bertz CT molecular complexity index is 1600. The molecule has 2 heterocycles. The number of Topliss-reactive ketones (excluding diaryl/α,β-unsaturated/α-hetero) is 1. The molecule has 7 heteroatoms. The Morgan fingerprint density at radius 1 is 0.972 bits per heavy atom. The Labute approximate surface area is 207 Å². The number of anilines is 1. The number of nitrogens with zero attached hydrogens (tertiary/aromatic N) is 2. The zero-order valence-electron chi connectivity index (χ0n) is 20.1. The standard InChI is InChI=1S/C29H24FN3O3/c1-4-27(34)24-16-28(36-17(24)2)19-5-10-22(11-6-19)32-29(35)20-7-14-25-26(15-20)33(18(3)31-25)23-12-8-21(30)9-13-23/h5-16H,4H2,1-3H3,(H,32,35). The van der Waals surface area contributed by atoms with Crippen LogP contribution in [-0.2, 0) is 0 Å². The highest BCUT2D eigenvalue weighted by molar-refractivity contribution is 6.06. The van der Waals surface area contributed by atoms with Gasteiger partial charge >= 0.3 is 0 Å². The lowest BCUT2D eigenvalue weighted by atomic mass is 10.1. The highest BCUT2D eigenvalue weighted by Gasteiger charge is 2.16. The molecule has 0 atom stereocenters. The molecule has 0 aliphatic heterocycles. The first-order valence-electron chi connectivity index (χ1n) is 11.6. The summed E-state index contributed by atoms with van der Waals surface area (Å²) in [6, 6.07) is 20.5. The van der Waals surface area contributed by atoms with Gasteiger partial charge in [0, 0.05) is 28.9 Å². The summed E-state index contributed by atoms with van der Waals surface area (Å²) in [6.45, 7) is 5.47. The van der Waals surface area contributed by atoms with Crippen molar-refractivity contribution in [2.75, 3.05) is 5.32 Å². The van der Waals surface area contributed by atoms with Crippen LogP contribution in [0.15, 0.2) is 77.2 Å². The summed E-state index contributed by atoms with van der Waals surface area (Å²) in [6.07, 6.45) is 0.417. The first-order chi connectivity index (χ1) is 17.3. The average Bonchev–Trinajstić information content (AvgIpc) is 3.43. The van der Waals surface area contributed by atoms with Crippen LogP contribution in [0.4, 0.5) is 10.1 Å². The molecule has 2 aromatic heterocycles. The predicted molar refractivity (Wildman–Crippen MR) is 137 cm³/mol. The molecule has 0 fully saturated rings. The number of imidazole rings is 1. The molecular formula is C29H24FN3O3. The molecule has 0 saturated heterocycles. The van der Waals surface area contributed by atoms with E-state index in [-0.39, 0.29) is 17.5 Å². The van der Waals surface area contributed by atoms with Gasteiger partial charge in [0.1, 0.15) is 23.2 Å². The quantitative estimate of drug-likeness (QED) is 0.268. The molecular weight excluding hydrogens is 457 g/mol. The normalized spacial score (nSPS) is 11.1. The van der Waals surface area contributed by atoms with E-state index in [0.717, 1.165) is 28.1 Å². The van der Waals surface area contributed by atoms with Crippen molar-refractivity contribution in [3.63, 3.8) is 0 Å². The van der Waals surface area contributed by atoms with Crippen molar-refractivity contribution in [1.29, 1.82) is 0 Å². The number of hydrogen-bond donors (Lipinski definition) is 1. The maximum Gasteiger partial charge on any atom is 0.255 e. The van der Waals surface area contributed by atoms with Crippen LogP contribution in [0, 0.1) is 19.7 Å². The Balaban J connectivity index is 1.38. The van der Waals surface area contributed by atoms with Gasteiger partial charge in [-0.2, -0.15) is 0 Å². The van der Waals surface area contributed by atoms with Crippen molar-refractivity contribution in [2.45, 2.75) is 27.2 Å². The Kier molecular flexibility index (Phi) is 5.98. The molecule has 3 aromatic carbocycles. The van der Waals surface area contributed by atoms with Crippen molar-refractivity contribution in [3.8, 4) is 17.0 Å². The fourth-order valence-electron chi connectivity index (χ4n) is 4.27. The van der Waals surface area contributed by atoms with Crippen molar-refractivity contribution in [3.05, 3.63) is 101 Å². The van der Waals surface area contributed by atoms with E-state index in [1.165, 1.54) is 12.1 Å². The molecule has 0 saturated carbocycles. The van der Waals surface area contributed by atoms with E-state index in [1.807, 2.05) is 30.5 Å². The summed E-state index contributed by atoms with van der Waals surface area (Å²) < 4.78 is 21.1. The fraction of sp³-hybridized carbons (Fsp3) is 0.138. The molecule has 5 aromatic rings. The van der Waals surface area contributed by atoms with E-state index in [9.17, 15) is 14.0 Å². The number of aryl methyl sites for hydroxylation is 2. The predicted octanol–water partition coefficient (Wildman–Crippen LogP) is 6.89. The maximum absolute atomic E-state index is 13.4. The molecule has 0 radical (unpaired) electrons. The summed E-state index contributed by atoms with van der Waals surface area (Å²) in [5, 5.41) is 2.92. The smallest absolute Gasteiger partial charge is 0.255 e. The molecule has 0 bridgehead atoms. The number of benzene rings is 3. The van der Waals surface area contributed by atoms with Gasteiger partial charge in [-0.15, -0.1) is 0 Å². The SMILES string of the molecule is CCC(=O)c1cc(-c2ccc(NC(=O)c3ccc4nc(C)n(-c5ccc(F)cc5)c4c3)cc2)oc1C. The summed E-state index contributed by atoms with van der Waals surface area (Å²) in [5.41, 5.74) is 4.77. The third kappa shape index (κ3) is 4.31. The highest BCUT2D eigenvalue weighted by atomic mass is 19.1. The van der Waals surface area contributed by atoms with Gasteiger partial charge in [0.2, 0.25) is 0 Å². The number of rotatable bonds is 6. The second kappa shape index (κ2) is 9.26. The number of carbonyl (C=O) groups excluding carboxylic acids is 2. The monoisotopic (exact) mass is 481 g/mol. The Hall–Kier alpha value is -4.52. The topological polar surface area (TPSA) is 77.1 Å². The molecule has 6 nitrogen and oxygen atoms in total. The van der Waals surface area contributed by atoms with Crippen molar-refractivity contribution >= 4 is 28.4 Å². The van der Waals surface area contributed by atoms with Crippen LogP contribution in [0.25, 0.3) is 28.0 Å². The zero-order chi connectivity index (χ0) is 25.4. The molecule has 36 heavy (non-hydrogen) atoms. The first-order valence-corrected chi connectivity index (χ1v) is 11.6. The lowest BCUT2D eigenvalue weighted by molar-refractivity contribution is 0.0985. The number of aromatic nitrogens is 2. The second-order valence-electron chi connectivity index (χ2n) is 8.56. The Morgan fingerprint density at radius 3 is 2.39 bits per heavy atom. The molecule has 1 amide bonds. The van der Waals surface area contributed by atoms with E-state index in [4.69, 9.17) is 4.42 Å². The number of nitrogens with one attached hydrogen (secondary N) is 1. The van der Waals surface area contributed by atoms with Crippen molar-refractivity contribution in [2.24, 2.45) is 0 Å². The lowest BCUT2D eigenvalue weighted by Crippen LogP contribution is -2.12. The molecule has 0 spiro atoms.